The molecule has 11 heteroatoms. The number of alkyl carbamates (subject to hydrolysis) is 1. The molecule has 3 aliphatic rings. The van der Waals surface area contributed by atoms with Gasteiger partial charge in [0.05, 0.1) is 12.7 Å². The number of carbonyl (C=O) groups is 4. The summed E-state index contributed by atoms with van der Waals surface area (Å²) >= 11 is 0. The maximum atomic E-state index is 14.4. The van der Waals surface area contributed by atoms with E-state index in [0.717, 1.165) is 45.6 Å². The number of anilines is 1. The SMILES string of the molecule is COC(=O)c1ccc(NC(=O)[C@@]2(C(=O)C3CCC(CNC(=O)OC(C)(C)C)CC3)C[C@H](N3CCN(Cc4ccccc4)CC3)CN2)cc1. The number of hydrogen-bond donors (Lipinski definition) is 3. The zero-order valence-electron chi connectivity index (χ0n) is 28.8. The van der Waals surface area contributed by atoms with Gasteiger partial charge in [0.1, 0.15) is 5.60 Å². The van der Waals surface area contributed by atoms with E-state index in [9.17, 15) is 19.2 Å². The number of rotatable bonds is 10. The van der Waals surface area contributed by atoms with Crippen LogP contribution in [0.15, 0.2) is 54.6 Å². The summed E-state index contributed by atoms with van der Waals surface area (Å²) < 4.78 is 10.2. The predicted octanol–water partition coefficient (Wildman–Crippen LogP) is 4.23. The van der Waals surface area contributed by atoms with Crippen LogP contribution >= 0.6 is 0 Å². The lowest BCUT2D eigenvalue weighted by Gasteiger charge is -2.38. The van der Waals surface area contributed by atoms with Crippen molar-refractivity contribution >= 4 is 29.4 Å². The average molecular weight is 662 g/mol. The number of carbonyl (C=O) groups excluding carboxylic acids is 4. The van der Waals surface area contributed by atoms with Gasteiger partial charge in [-0.3, -0.25) is 24.7 Å². The Balaban J connectivity index is 1.24. The van der Waals surface area contributed by atoms with E-state index in [-0.39, 0.29) is 29.6 Å². The summed E-state index contributed by atoms with van der Waals surface area (Å²) in [4.78, 5) is 57.6. The minimum absolute atomic E-state index is 0.0506. The fourth-order valence-electron chi connectivity index (χ4n) is 7.21. The lowest BCUT2D eigenvalue weighted by atomic mass is 9.73. The van der Waals surface area contributed by atoms with Crippen molar-refractivity contribution in [3.05, 3.63) is 65.7 Å². The van der Waals surface area contributed by atoms with Crippen LogP contribution in [0.1, 0.15) is 68.8 Å². The van der Waals surface area contributed by atoms with Crippen molar-refractivity contribution in [1.82, 2.24) is 20.4 Å². The van der Waals surface area contributed by atoms with Gasteiger partial charge in [0, 0.05) is 63.5 Å². The quantitative estimate of drug-likeness (QED) is 0.253. The summed E-state index contributed by atoms with van der Waals surface area (Å²) in [6.45, 7) is 11.0. The Kier molecular flexibility index (Phi) is 11.5. The van der Waals surface area contributed by atoms with Crippen molar-refractivity contribution in [1.29, 1.82) is 0 Å². The number of ketones is 1. The number of piperazine rings is 1. The average Bonchev–Trinajstić information content (AvgIpc) is 3.54. The van der Waals surface area contributed by atoms with Gasteiger partial charge in [-0.1, -0.05) is 30.3 Å². The number of hydrogen-bond acceptors (Lipinski definition) is 9. The van der Waals surface area contributed by atoms with Crippen LogP contribution < -0.4 is 16.0 Å². The summed E-state index contributed by atoms with van der Waals surface area (Å²) in [5.41, 5.74) is 0.263. The van der Waals surface area contributed by atoms with Gasteiger partial charge in [0.25, 0.3) is 5.91 Å². The smallest absolute Gasteiger partial charge is 0.407 e. The van der Waals surface area contributed by atoms with E-state index >= 15 is 0 Å². The molecule has 0 bridgehead atoms. The molecule has 3 N–H and O–H groups in total. The number of nitrogens with zero attached hydrogens (tertiary/aromatic N) is 2. The third-order valence-electron chi connectivity index (χ3n) is 9.88. The van der Waals surface area contributed by atoms with E-state index in [1.165, 1.54) is 12.7 Å². The van der Waals surface area contributed by atoms with Gasteiger partial charge in [-0.05, 0) is 88.6 Å². The number of ether oxygens (including phenoxy) is 2. The van der Waals surface area contributed by atoms with E-state index in [4.69, 9.17) is 9.47 Å². The van der Waals surface area contributed by atoms with Gasteiger partial charge in [-0.25, -0.2) is 9.59 Å². The third-order valence-corrected chi connectivity index (χ3v) is 9.88. The highest BCUT2D eigenvalue weighted by Gasteiger charge is 2.54. The molecule has 0 spiro atoms. The standard InChI is InChI=1S/C37H51N5O6/c1-36(2,3)48-35(46)38-23-26-10-12-28(13-11-26)32(43)37(34(45)40-30-16-14-29(15-17-30)33(44)47-4)22-31(24-39-37)42-20-18-41(19-21-42)25-27-8-6-5-7-9-27/h5-9,14-17,26,28,31,39H,10-13,18-25H2,1-4H3,(H,38,46)(H,40,45)/t26?,28?,31-,37-/m0/s1. The second-order valence-corrected chi connectivity index (χ2v) is 14.4. The second kappa shape index (κ2) is 15.6. The summed E-state index contributed by atoms with van der Waals surface area (Å²) in [5.74, 6) is -0.895. The Morgan fingerprint density at radius 2 is 1.58 bits per heavy atom. The van der Waals surface area contributed by atoms with Crippen molar-refractivity contribution in [2.75, 3.05) is 51.7 Å². The van der Waals surface area contributed by atoms with E-state index in [1.807, 2.05) is 26.8 Å². The first-order chi connectivity index (χ1) is 23.0. The van der Waals surface area contributed by atoms with Gasteiger partial charge in [0.2, 0.25) is 0 Å². The van der Waals surface area contributed by atoms with Crippen LogP contribution in [-0.4, -0.2) is 97.1 Å². The van der Waals surface area contributed by atoms with Crippen LogP contribution in [0, 0.1) is 11.8 Å². The van der Waals surface area contributed by atoms with E-state index in [2.05, 4.69) is 50.0 Å². The van der Waals surface area contributed by atoms with Gasteiger partial charge in [-0.15, -0.1) is 0 Å². The Morgan fingerprint density at radius 3 is 2.21 bits per heavy atom. The molecule has 11 nitrogen and oxygen atoms in total. The number of methoxy groups -OCH3 is 1. The Hall–Kier alpha value is -3.80. The molecule has 3 fully saturated rings. The molecule has 2 amide bonds. The predicted molar refractivity (Wildman–Crippen MR) is 184 cm³/mol. The highest BCUT2D eigenvalue weighted by Crippen LogP contribution is 2.36. The molecule has 2 aliphatic heterocycles. The third kappa shape index (κ3) is 9.00. The normalized spacial score (nSPS) is 25.2. The fourth-order valence-corrected chi connectivity index (χ4v) is 7.21. The minimum Gasteiger partial charge on any atom is -0.465 e. The molecule has 2 saturated heterocycles. The van der Waals surface area contributed by atoms with Crippen LogP contribution in [0.25, 0.3) is 0 Å². The zero-order chi connectivity index (χ0) is 34.3. The molecule has 1 aliphatic carbocycles. The molecule has 260 valence electrons. The molecule has 2 atom stereocenters. The molecular weight excluding hydrogens is 610 g/mol. The van der Waals surface area contributed by atoms with Gasteiger partial charge < -0.3 is 20.1 Å². The summed E-state index contributed by atoms with van der Waals surface area (Å²) in [5, 5.41) is 9.29. The first-order valence-corrected chi connectivity index (χ1v) is 17.2. The van der Waals surface area contributed by atoms with Crippen molar-refractivity contribution < 1.29 is 28.7 Å². The van der Waals surface area contributed by atoms with Crippen molar-refractivity contribution in [3.63, 3.8) is 0 Å². The van der Waals surface area contributed by atoms with Crippen molar-refractivity contribution in [3.8, 4) is 0 Å². The molecule has 48 heavy (non-hydrogen) atoms. The van der Waals surface area contributed by atoms with Crippen LogP contribution in [0.5, 0.6) is 0 Å². The molecule has 2 heterocycles. The van der Waals surface area contributed by atoms with Crippen LogP contribution in [0.2, 0.25) is 0 Å². The highest BCUT2D eigenvalue weighted by molar-refractivity contribution is 6.16. The van der Waals surface area contributed by atoms with Crippen LogP contribution in [-0.2, 0) is 25.6 Å². The van der Waals surface area contributed by atoms with E-state index < -0.39 is 23.2 Å². The minimum atomic E-state index is -1.36. The Labute approximate surface area is 284 Å². The molecule has 0 radical (unpaired) electrons. The van der Waals surface area contributed by atoms with Crippen LogP contribution in [0.3, 0.4) is 0 Å². The molecule has 1 saturated carbocycles. The molecule has 0 aromatic heterocycles. The lowest BCUT2D eigenvalue weighted by Crippen LogP contribution is -2.59. The topological polar surface area (TPSA) is 129 Å². The summed E-state index contributed by atoms with van der Waals surface area (Å²) in [6, 6.07) is 17.0. The second-order valence-electron chi connectivity index (χ2n) is 14.4. The first-order valence-electron chi connectivity index (χ1n) is 17.2. The zero-order valence-corrected chi connectivity index (χ0v) is 28.8. The molecule has 0 unspecified atom stereocenters. The number of nitrogens with one attached hydrogen (secondary N) is 3. The largest absolute Gasteiger partial charge is 0.465 e. The van der Waals surface area contributed by atoms with Gasteiger partial charge in [-0.2, -0.15) is 0 Å². The monoisotopic (exact) mass is 661 g/mol. The van der Waals surface area contributed by atoms with E-state index in [1.54, 1.807) is 24.3 Å². The maximum Gasteiger partial charge on any atom is 0.407 e. The van der Waals surface area contributed by atoms with Gasteiger partial charge in [0.15, 0.2) is 11.3 Å². The lowest BCUT2D eigenvalue weighted by molar-refractivity contribution is -0.137. The van der Waals surface area contributed by atoms with E-state index in [0.29, 0.717) is 43.6 Å². The number of amides is 2. The fraction of sp³-hybridized carbons (Fsp3) is 0.568. The molecule has 2 aromatic carbocycles. The number of esters is 1. The first kappa shape index (κ1) is 35.5. The molecular formula is C37H51N5O6. The van der Waals surface area contributed by atoms with Gasteiger partial charge >= 0.3 is 12.1 Å². The highest BCUT2D eigenvalue weighted by atomic mass is 16.6. The summed E-state index contributed by atoms with van der Waals surface area (Å²) in [7, 11) is 1.32. The Bertz CT molecular complexity index is 1410. The van der Waals surface area contributed by atoms with Crippen LogP contribution in [0.4, 0.5) is 10.5 Å². The number of benzene rings is 2. The molecule has 2 aromatic rings. The van der Waals surface area contributed by atoms with Crippen molar-refractivity contribution in [2.24, 2.45) is 11.8 Å². The summed E-state index contributed by atoms with van der Waals surface area (Å²) in [6.07, 6.45) is 2.85. The number of Topliss-reactive ketones (excluding diaryl/α,β-unsaturated/α-hetero) is 1. The Morgan fingerprint density at radius 1 is 0.917 bits per heavy atom. The molecule has 5 rings (SSSR count). The maximum absolute atomic E-state index is 14.4. The van der Waals surface area contributed by atoms with Crippen molar-refractivity contribution in [2.45, 2.75) is 76.6 Å².